The molecule has 2 nitrogen and oxygen atoms in total. The van der Waals surface area contributed by atoms with Crippen LogP contribution in [0.25, 0.3) is 45.0 Å². The zero-order valence-electron chi connectivity index (χ0n) is 25.1. The van der Waals surface area contributed by atoms with E-state index in [-0.39, 0.29) is 0 Å². The molecule has 12 rings (SSSR count). The molecule has 0 N–H and O–H groups in total. The van der Waals surface area contributed by atoms with Crippen molar-refractivity contribution in [3.8, 4) is 45.0 Å². The minimum absolute atomic E-state index is 0.452. The summed E-state index contributed by atoms with van der Waals surface area (Å²) >= 11 is 0. The lowest BCUT2D eigenvalue weighted by molar-refractivity contribution is -0.212. The van der Waals surface area contributed by atoms with E-state index < -0.39 is 0 Å². The first kappa shape index (κ1) is 25.3. The quantitative estimate of drug-likeness (QED) is 0.210. The fraction of sp³-hybridized carbons (Fsp3) is 0.333. The van der Waals surface area contributed by atoms with Gasteiger partial charge in [-0.2, -0.15) is 0 Å². The summed E-state index contributed by atoms with van der Waals surface area (Å²) in [5.41, 5.74) is 9.76. The monoisotopic (exact) mass is 570 g/mol. The molecule has 7 aliphatic carbocycles. The average Bonchev–Trinajstić information content (AvgIpc) is 3.11. The lowest BCUT2D eigenvalue weighted by atomic mass is 9.32. The van der Waals surface area contributed by atoms with E-state index >= 15 is 0 Å². The van der Waals surface area contributed by atoms with Crippen LogP contribution >= 0.6 is 0 Å². The smallest absolute Gasteiger partial charge is 0.160 e. The van der Waals surface area contributed by atoms with E-state index in [1.165, 1.54) is 30.4 Å². The van der Waals surface area contributed by atoms with Gasteiger partial charge in [-0.25, -0.2) is 9.97 Å². The van der Waals surface area contributed by atoms with Gasteiger partial charge in [0.2, 0.25) is 0 Å². The van der Waals surface area contributed by atoms with Crippen LogP contribution in [-0.2, 0) is 5.41 Å². The Morgan fingerprint density at radius 1 is 0.432 bits per heavy atom. The number of aromatic nitrogens is 2. The van der Waals surface area contributed by atoms with Gasteiger partial charge in [-0.05, 0) is 108 Å². The third-order valence-corrected chi connectivity index (χ3v) is 12.8. The molecule has 8 bridgehead atoms. The standard InChI is InChI=1S/C42H38N2/c1-3-7-29(8-4-1)39-22-40(30-9-5-2-6-10-30)44-41(43-39)31-13-11-27(12-14-31)28-15-17-32(18-16-28)42-23-36-33-19-26-20-34(36)38(25-42)35(21-26)37(33)24-42/h1-18,22,26,33-38H,19-21,23-25H2. The van der Waals surface area contributed by atoms with Gasteiger partial charge in [-0.1, -0.05) is 109 Å². The van der Waals surface area contributed by atoms with E-state index in [4.69, 9.17) is 9.97 Å². The SMILES string of the molecule is c1ccc(-c2cc(-c3ccccc3)nc(-c3ccc(-c4ccc(C56CC7C8CC9CC7C(C5)C(C9)C8C6)cc4)cc3)n2)cc1. The third-order valence-electron chi connectivity index (χ3n) is 12.8. The molecule has 216 valence electrons. The molecular weight excluding hydrogens is 532 g/mol. The van der Waals surface area contributed by atoms with Crippen molar-refractivity contribution >= 4 is 0 Å². The first-order valence-electron chi connectivity index (χ1n) is 16.9. The minimum Gasteiger partial charge on any atom is -0.228 e. The largest absolute Gasteiger partial charge is 0.228 e. The van der Waals surface area contributed by atoms with Crippen LogP contribution in [0.15, 0.2) is 115 Å². The molecule has 5 aromatic rings. The van der Waals surface area contributed by atoms with E-state index in [1.807, 2.05) is 12.1 Å². The zero-order valence-corrected chi connectivity index (χ0v) is 25.1. The molecule has 44 heavy (non-hydrogen) atoms. The summed E-state index contributed by atoms with van der Waals surface area (Å²) in [6, 6.07) is 41.5. The third kappa shape index (κ3) is 3.79. The van der Waals surface area contributed by atoms with E-state index in [2.05, 4.69) is 103 Å². The first-order valence-corrected chi connectivity index (χ1v) is 16.9. The van der Waals surface area contributed by atoms with Gasteiger partial charge in [0.1, 0.15) is 0 Å². The van der Waals surface area contributed by atoms with Crippen molar-refractivity contribution in [1.82, 2.24) is 9.97 Å². The Morgan fingerprint density at radius 2 is 0.864 bits per heavy atom. The van der Waals surface area contributed by atoms with Gasteiger partial charge < -0.3 is 0 Å². The highest BCUT2D eigenvalue weighted by molar-refractivity contribution is 5.73. The van der Waals surface area contributed by atoms with Crippen LogP contribution in [0.1, 0.15) is 44.1 Å². The van der Waals surface area contributed by atoms with Crippen LogP contribution in [0.4, 0.5) is 0 Å². The maximum absolute atomic E-state index is 5.02. The van der Waals surface area contributed by atoms with Crippen molar-refractivity contribution in [1.29, 1.82) is 0 Å². The summed E-state index contributed by atoms with van der Waals surface area (Å²) in [6.45, 7) is 0. The highest BCUT2D eigenvalue weighted by Crippen LogP contribution is 2.74. The second-order valence-electron chi connectivity index (χ2n) is 14.8. The van der Waals surface area contributed by atoms with Gasteiger partial charge >= 0.3 is 0 Å². The molecular formula is C42H38N2. The Morgan fingerprint density at radius 3 is 1.34 bits per heavy atom. The Balaban J connectivity index is 0.945. The summed E-state index contributed by atoms with van der Waals surface area (Å²) < 4.78 is 0. The summed E-state index contributed by atoms with van der Waals surface area (Å²) in [7, 11) is 0. The number of nitrogens with zero attached hydrogens (tertiary/aromatic N) is 2. The molecule has 0 atom stereocenters. The van der Waals surface area contributed by atoms with Gasteiger partial charge in [-0.3, -0.25) is 0 Å². The number of hydrogen-bond acceptors (Lipinski definition) is 2. The van der Waals surface area contributed by atoms with Crippen LogP contribution in [0.5, 0.6) is 0 Å². The predicted molar refractivity (Wildman–Crippen MR) is 178 cm³/mol. The molecule has 1 aromatic heterocycles. The van der Waals surface area contributed by atoms with Crippen LogP contribution in [-0.4, -0.2) is 9.97 Å². The summed E-state index contributed by atoms with van der Waals surface area (Å²) in [5.74, 6) is 8.13. The van der Waals surface area contributed by atoms with Crippen LogP contribution in [0, 0.1) is 41.4 Å². The molecule has 7 fully saturated rings. The van der Waals surface area contributed by atoms with Gasteiger partial charge in [0, 0.05) is 16.7 Å². The van der Waals surface area contributed by atoms with Crippen LogP contribution in [0.2, 0.25) is 0 Å². The summed E-state index contributed by atoms with van der Waals surface area (Å²) in [6.07, 6.45) is 9.10. The molecule has 0 spiro atoms. The highest BCUT2D eigenvalue weighted by atomic mass is 14.9. The second-order valence-corrected chi connectivity index (χ2v) is 14.8. The summed E-state index contributed by atoms with van der Waals surface area (Å²) in [5, 5.41) is 0. The Hall–Kier alpha value is -4.04. The second kappa shape index (κ2) is 9.48. The van der Waals surface area contributed by atoms with Crippen LogP contribution < -0.4 is 0 Å². The van der Waals surface area contributed by atoms with Gasteiger partial charge in [0.25, 0.3) is 0 Å². The zero-order chi connectivity index (χ0) is 28.8. The normalized spacial score (nSPS) is 32.3. The fourth-order valence-corrected chi connectivity index (χ4v) is 11.2. The van der Waals surface area contributed by atoms with E-state index in [1.54, 1.807) is 24.8 Å². The molecule has 7 aliphatic rings. The van der Waals surface area contributed by atoms with E-state index in [0.29, 0.717) is 5.41 Å². The van der Waals surface area contributed by atoms with Gasteiger partial charge in [0.15, 0.2) is 5.82 Å². The predicted octanol–water partition coefficient (Wildman–Crippen LogP) is 10.1. The van der Waals surface area contributed by atoms with Crippen molar-refractivity contribution in [2.75, 3.05) is 0 Å². The van der Waals surface area contributed by atoms with Crippen molar-refractivity contribution < 1.29 is 0 Å². The average molecular weight is 571 g/mol. The van der Waals surface area contributed by atoms with Gasteiger partial charge in [-0.15, -0.1) is 0 Å². The Bertz CT molecular complexity index is 1720. The van der Waals surface area contributed by atoms with Crippen molar-refractivity contribution in [3.05, 3.63) is 121 Å². The van der Waals surface area contributed by atoms with E-state index in [9.17, 15) is 0 Å². The lowest BCUT2D eigenvalue weighted by Gasteiger charge is -2.72. The maximum Gasteiger partial charge on any atom is 0.160 e. The Kier molecular flexibility index (Phi) is 5.45. The molecule has 2 heteroatoms. The number of rotatable bonds is 5. The van der Waals surface area contributed by atoms with E-state index in [0.717, 1.165) is 75.3 Å². The molecule has 7 saturated carbocycles. The highest BCUT2D eigenvalue weighted by Gasteiger charge is 2.67. The molecule has 1 heterocycles. The molecule has 4 aromatic carbocycles. The Labute approximate surface area is 260 Å². The lowest BCUT2D eigenvalue weighted by Crippen LogP contribution is -2.66. The number of benzene rings is 4. The fourth-order valence-electron chi connectivity index (χ4n) is 11.2. The van der Waals surface area contributed by atoms with Crippen molar-refractivity contribution in [2.24, 2.45) is 41.4 Å². The number of hydrogen-bond donors (Lipinski definition) is 0. The molecule has 0 saturated heterocycles. The first-order chi connectivity index (χ1) is 21.7. The maximum atomic E-state index is 5.02. The molecule has 0 radical (unpaired) electrons. The minimum atomic E-state index is 0.452. The van der Waals surface area contributed by atoms with Crippen LogP contribution in [0.3, 0.4) is 0 Å². The molecule has 0 aliphatic heterocycles. The molecule has 0 unspecified atom stereocenters. The van der Waals surface area contributed by atoms with Gasteiger partial charge in [0.05, 0.1) is 11.4 Å². The topological polar surface area (TPSA) is 25.8 Å². The molecule has 0 amide bonds. The van der Waals surface area contributed by atoms with Crippen molar-refractivity contribution in [2.45, 2.75) is 43.9 Å². The van der Waals surface area contributed by atoms with Crippen molar-refractivity contribution in [3.63, 3.8) is 0 Å². The summed E-state index contributed by atoms with van der Waals surface area (Å²) in [4.78, 5) is 10.0.